The normalized spacial score (nSPS) is 15.9. The van der Waals surface area contributed by atoms with Crippen LogP contribution in [-0.2, 0) is 17.6 Å². The summed E-state index contributed by atoms with van der Waals surface area (Å²) in [5.41, 5.74) is 9.39. The van der Waals surface area contributed by atoms with Crippen molar-refractivity contribution in [2.75, 3.05) is 5.32 Å². The molecule has 0 saturated heterocycles. The number of aryl methyl sites for hydroxylation is 1. The van der Waals surface area contributed by atoms with E-state index in [0.717, 1.165) is 24.9 Å². The Morgan fingerprint density at radius 3 is 2.94 bits per heavy atom. The van der Waals surface area contributed by atoms with Crippen LogP contribution in [0.3, 0.4) is 0 Å². The molecule has 18 heavy (non-hydrogen) atoms. The molecule has 0 radical (unpaired) electrons. The van der Waals surface area contributed by atoms with Gasteiger partial charge in [-0.05, 0) is 56.2 Å². The zero-order chi connectivity index (χ0) is 13.0. The second-order valence-electron chi connectivity index (χ2n) is 5.21. The monoisotopic (exact) mass is 246 g/mol. The fourth-order valence-electron chi connectivity index (χ4n) is 2.47. The van der Waals surface area contributed by atoms with Crippen molar-refractivity contribution in [1.82, 2.24) is 0 Å². The lowest BCUT2D eigenvalue weighted by molar-refractivity contribution is -0.116. The van der Waals surface area contributed by atoms with Crippen molar-refractivity contribution >= 4 is 11.6 Å². The summed E-state index contributed by atoms with van der Waals surface area (Å²) < 4.78 is 0. The van der Waals surface area contributed by atoms with Gasteiger partial charge in [-0.3, -0.25) is 4.79 Å². The van der Waals surface area contributed by atoms with Crippen molar-refractivity contribution < 1.29 is 4.79 Å². The zero-order valence-corrected chi connectivity index (χ0v) is 11.0. The van der Waals surface area contributed by atoms with E-state index in [4.69, 9.17) is 5.73 Å². The first-order chi connectivity index (χ1) is 8.66. The molecule has 98 valence electrons. The summed E-state index contributed by atoms with van der Waals surface area (Å²) in [5, 5.41) is 3.03. The molecule has 1 aliphatic carbocycles. The fourth-order valence-corrected chi connectivity index (χ4v) is 2.47. The third-order valence-corrected chi connectivity index (χ3v) is 3.50. The Labute approximate surface area is 109 Å². The van der Waals surface area contributed by atoms with Crippen LogP contribution < -0.4 is 11.1 Å². The van der Waals surface area contributed by atoms with E-state index < -0.39 is 0 Å². The van der Waals surface area contributed by atoms with Crippen molar-refractivity contribution in [3.05, 3.63) is 29.3 Å². The minimum absolute atomic E-state index is 0.0753. The van der Waals surface area contributed by atoms with Crippen molar-refractivity contribution in [2.45, 2.75) is 51.5 Å². The highest BCUT2D eigenvalue weighted by Gasteiger charge is 2.14. The minimum Gasteiger partial charge on any atom is -0.328 e. The highest BCUT2D eigenvalue weighted by molar-refractivity contribution is 5.91. The molecule has 0 bridgehead atoms. The quantitative estimate of drug-likeness (QED) is 0.858. The molecule has 1 atom stereocenters. The van der Waals surface area contributed by atoms with Gasteiger partial charge in [0, 0.05) is 18.2 Å². The van der Waals surface area contributed by atoms with Crippen molar-refractivity contribution in [3.63, 3.8) is 0 Å². The van der Waals surface area contributed by atoms with Crippen LogP contribution >= 0.6 is 0 Å². The molecular formula is C15H22N2O. The lowest BCUT2D eigenvalue weighted by Crippen LogP contribution is -2.20. The van der Waals surface area contributed by atoms with Crippen molar-refractivity contribution in [1.29, 1.82) is 0 Å². The molecular weight excluding hydrogens is 224 g/mol. The maximum absolute atomic E-state index is 11.8. The van der Waals surface area contributed by atoms with E-state index in [1.807, 2.05) is 19.1 Å². The standard InChI is InChI=1S/C15H22N2O/c1-11(16)9-10-15(18)17-14-8-4-6-12-5-2-3-7-13(12)14/h4,6,8,11H,2-3,5,7,9-10,16H2,1H3,(H,17,18). The Morgan fingerprint density at radius 1 is 1.39 bits per heavy atom. The number of benzene rings is 1. The van der Waals surface area contributed by atoms with Gasteiger partial charge in [-0.2, -0.15) is 0 Å². The molecule has 0 aromatic heterocycles. The van der Waals surface area contributed by atoms with Gasteiger partial charge in [0.15, 0.2) is 0 Å². The highest BCUT2D eigenvalue weighted by Crippen LogP contribution is 2.27. The van der Waals surface area contributed by atoms with Gasteiger partial charge in [-0.15, -0.1) is 0 Å². The van der Waals surface area contributed by atoms with Crippen LogP contribution in [0.25, 0.3) is 0 Å². The third-order valence-electron chi connectivity index (χ3n) is 3.50. The molecule has 1 aromatic carbocycles. The summed E-state index contributed by atoms with van der Waals surface area (Å²) in [6.45, 7) is 1.93. The summed E-state index contributed by atoms with van der Waals surface area (Å²) in [5.74, 6) is 0.0753. The molecule has 0 spiro atoms. The molecule has 3 N–H and O–H groups in total. The third kappa shape index (κ3) is 3.33. The number of rotatable bonds is 4. The first-order valence-electron chi connectivity index (χ1n) is 6.83. The van der Waals surface area contributed by atoms with Gasteiger partial charge >= 0.3 is 0 Å². The summed E-state index contributed by atoms with van der Waals surface area (Å²) in [6.07, 6.45) is 5.94. The number of nitrogens with one attached hydrogen (secondary N) is 1. The Balaban J connectivity index is 2.03. The van der Waals surface area contributed by atoms with Gasteiger partial charge in [-0.25, -0.2) is 0 Å². The van der Waals surface area contributed by atoms with Gasteiger partial charge in [0.05, 0.1) is 0 Å². The van der Waals surface area contributed by atoms with Gasteiger partial charge in [0.2, 0.25) is 5.91 Å². The molecule has 3 nitrogen and oxygen atoms in total. The largest absolute Gasteiger partial charge is 0.328 e. The topological polar surface area (TPSA) is 55.1 Å². The molecule has 1 amide bonds. The molecule has 0 saturated carbocycles. The maximum Gasteiger partial charge on any atom is 0.224 e. The van der Waals surface area contributed by atoms with Gasteiger partial charge in [0.1, 0.15) is 0 Å². The summed E-state index contributed by atoms with van der Waals surface area (Å²) in [7, 11) is 0. The maximum atomic E-state index is 11.8. The van der Waals surface area contributed by atoms with Crippen LogP contribution in [0.15, 0.2) is 18.2 Å². The number of hydrogen-bond acceptors (Lipinski definition) is 2. The first-order valence-corrected chi connectivity index (χ1v) is 6.83. The number of fused-ring (bicyclic) bond motifs is 1. The van der Waals surface area contributed by atoms with Crippen LogP contribution in [0.1, 0.15) is 43.7 Å². The number of amides is 1. The van der Waals surface area contributed by atoms with Crippen LogP contribution in [-0.4, -0.2) is 11.9 Å². The Kier molecular flexibility index (Phi) is 4.37. The van der Waals surface area contributed by atoms with Crippen LogP contribution in [0.5, 0.6) is 0 Å². The number of carbonyl (C=O) groups excluding carboxylic acids is 1. The number of carbonyl (C=O) groups is 1. The molecule has 0 heterocycles. The molecule has 1 unspecified atom stereocenters. The molecule has 1 aromatic rings. The van der Waals surface area contributed by atoms with Crippen LogP contribution in [0, 0.1) is 0 Å². The second-order valence-corrected chi connectivity index (χ2v) is 5.21. The summed E-state index contributed by atoms with van der Waals surface area (Å²) >= 11 is 0. The van der Waals surface area contributed by atoms with E-state index in [9.17, 15) is 4.79 Å². The number of anilines is 1. The average molecular weight is 246 g/mol. The average Bonchev–Trinajstić information content (AvgIpc) is 2.37. The predicted octanol–water partition coefficient (Wildman–Crippen LogP) is 2.63. The minimum atomic E-state index is 0.0753. The Morgan fingerprint density at radius 2 is 2.17 bits per heavy atom. The smallest absolute Gasteiger partial charge is 0.224 e. The van der Waals surface area contributed by atoms with E-state index >= 15 is 0 Å². The summed E-state index contributed by atoms with van der Waals surface area (Å²) in [4.78, 5) is 11.8. The molecule has 0 aliphatic heterocycles. The second kappa shape index (κ2) is 6.01. The SMILES string of the molecule is CC(N)CCC(=O)Nc1cccc2c1CCCC2. The van der Waals surface area contributed by atoms with E-state index in [1.54, 1.807) is 0 Å². The molecule has 2 rings (SSSR count). The summed E-state index contributed by atoms with van der Waals surface area (Å²) in [6, 6.07) is 6.30. The Bertz CT molecular complexity index is 427. The highest BCUT2D eigenvalue weighted by atomic mass is 16.1. The zero-order valence-electron chi connectivity index (χ0n) is 11.0. The lowest BCUT2D eigenvalue weighted by Gasteiger charge is -2.19. The Hall–Kier alpha value is -1.35. The van der Waals surface area contributed by atoms with E-state index in [2.05, 4.69) is 11.4 Å². The molecule has 0 fully saturated rings. The van der Waals surface area contributed by atoms with E-state index in [1.165, 1.54) is 24.0 Å². The fraction of sp³-hybridized carbons (Fsp3) is 0.533. The lowest BCUT2D eigenvalue weighted by atomic mass is 9.90. The van der Waals surface area contributed by atoms with Crippen molar-refractivity contribution in [2.24, 2.45) is 5.73 Å². The van der Waals surface area contributed by atoms with Gasteiger partial charge in [-0.1, -0.05) is 12.1 Å². The first kappa shape index (κ1) is 13.1. The number of nitrogens with two attached hydrogens (primary N) is 1. The van der Waals surface area contributed by atoms with Crippen LogP contribution in [0.2, 0.25) is 0 Å². The van der Waals surface area contributed by atoms with E-state index in [-0.39, 0.29) is 11.9 Å². The van der Waals surface area contributed by atoms with Gasteiger partial charge < -0.3 is 11.1 Å². The molecule has 1 aliphatic rings. The van der Waals surface area contributed by atoms with Crippen molar-refractivity contribution in [3.8, 4) is 0 Å². The van der Waals surface area contributed by atoms with Gasteiger partial charge in [0.25, 0.3) is 0 Å². The molecule has 3 heteroatoms. The predicted molar refractivity (Wildman–Crippen MR) is 74.6 cm³/mol. The van der Waals surface area contributed by atoms with Crippen LogP contribution in [0.4, 0.5) is 5.69 Å². The number of hydrogen-bond donors (Lipinski definition) is 2. The van der Waals surface area contributed by atoms with E-state index in [0.29, 0.717) is 6.42 Å².